The zero-order chi connectivity index (χ0) is 15.5. The Balaban J connectivity index is 2.87. The van der Waals surface area contributed by atoms with Gasteiger partial charge in [0.1, 0.15) is 0 Å². The van der Waals surface area contributed by atoms with Crippen LogP contribution in [0.3, 0.4) is 0 Å². The van der Waals surface area contributed by atoms with Crippen molar-refractivity contribution in [2.45, 2.75) is 32.6 Å². The van der Waals surface area contributed by atoms with Crippen LogP contribution in [0.1, 0.15) is 27.7 Å². The molecular weight excluding hydrogens is 340 g/mol. The molecular formula is C14H23BrN2O2S. The second-order valence-electron chi connectivity index (χ2n) is 5.69. The van der Waals surface area contributed by atoms with E-state index in [0.717, 1.165) is 0 Å². The molecule has 0 atom stereocenters. The van der Waals surface area contributed by atoms with E-state index in [9.17, 15) is 8.42 Å². The fraction of sp³-hybridized carbons (Fsp3) is 0.571. The first-order valence-corrected chi connectivity index (χ1v) is 8.97. The Hall–Kier alpha value is -0.590. The highest BCUT2D eigenvalue weighted by molar-refractivity contribution is 9.10. The molecule has 0 saturated heterocycles. The summed E-state index contributed by atoms with van der Waals surface area (Å²) in [7, 11) is -3.50. The van der Waals surface area contributed by atoms with Crippen LogP contribution in [0.2, 0.25) is 0 Å². The van der Waals surface area contributed by atoms with Gasteiger partial charge in [-0.05, 0) is 51.9 Å². The molecule has 1 aromatic carbocycles. The minimum Gasteiger partial charge on any atom is -0.398 e. The van der Waals surface area contributed by atoms with E-state index in [1.54, 1.807) is 6.07 Å². The van der Waals surface area contributed by atoms with E-state index in [1.165, 1.54) is 12.1 Å². The summed E-state index contributed by atoms with van der Waals surface area (Å²) in [5, 5.41) is 0. The molecule has 0 amide bonds. The lowest BCUT2D eigenvalue weighted by atomic mass is 9.86. The Morgan fingerprint density at radius 1 is 1.20 bits per heavy atom. The molecule has 0 fully saturated rings. The monoisotopic (exact) mass is 362 g/mol. The number of sulfonamides is 1. The molecule has 3 N–H and O–H groups in total. The van der Waals surface area contributed by atoms with E-state index < -0.39 is 10.0 Å². The topological polar surface area (TPSA) is 72.2 Å². The van der Waals surface area contributed by atoms with Crippen LogP contribution in [0.15, 0.2) is 27.6 Å². The predicted octanol–water partition coefficient (Wildman–Crippen LogP) is 3.24. The first-order chi connectivity index (χ1) is 9.15. The fourth-order valence-electron chi connectivity index (χ4n) is 2.21. The number of rotatable bonds is 6. The van der Waals surface area contributed by atoms with Crippen molar-refractivity contribution in [2.75, 3.05) is 12.3 Å². The van der Waals surface area contributed by atoms with Gasteiger partial charge < -0.3 is 5.73 Å². The minimum absolute atomic E-state index is 0.227. The summed E-state index contributed by atoms with van der Waals surface area (Å²) in [5.74, 6) is 1.16. The molecule has 0 heterocycles. The molecule has 0 aliphatic carbocycles. The highest BCUT2D eigenvalue weighted by Crippen LogP contribution is 2.24. The molecule has 1 aromatic rings. The van der Waals surface area contributed by atoms with Gasteiger partial charge in [0.15, 0.2) is 0 Å². The van der Waals surface area contributed by atoms with Crippen LogP contribution in [-0.2, 0) is 10.0 Å². The maximum absolute atomic E-state index is 12.3. The van der Waals surface area contributed by atoms with Gasteiger partial charge in [-0.2, -0.15) is 0 Å². The molecule has 0 unspecified atom stereocenters. The van der Waals surface area contributed by atoms with E-state index in [1.807, 2.05) is 0 Å². The molecule has 0 aliphatic heterocycles. The van der Waals surface area contributed by atoms with Gasteiger partial charge >= 0.3 is 0 Å². The van der Waals surface area contributed by atoms with E-state index in [2.05, 4.69) is 48.3 Å². The summed E-state index contributed by atoms with van der Waals surface area (Å²) in [6.07, 6.45) is 0. The predicted molar refractivity (Wildman–Crippen MR) is 86.9 cm³/mol. The number of hydrogen-bond acceptors (Lipinski definition) is 3. The number of anilines is 1. The molecule has 0 bridgehead atoms. The van der Waals surface area contributed by atoms with Crippen molar-refractivity contribution in [1.29, 1.82) is 0 Å². The third-order valence-electron chi connectivity index (χ3n) is 3.50. The van der Waals surface area contributed by atoms with E-state index in [4.69, 9.17) is 5.73 Å². The molecule has 1 rings (SSSR count). The lowest BCUT2D eigenvalue weighted by Crippen LogP contribution is -2.34. The molecule has 0 spiro atoms. The summed E-state index contributed by atoms with van der Waals surface area (Å²) < 4.78 is 27.8. The Morgan fingerprint density at radius 2 is 1.75 bits per heavy atom. The standard InChI is InChI=1S/C14H23BrN2O2S/c1-9(2)12(10(3)4)8-17-20(18,19)11-5-6-14(16)13(15)7-11/h5-7,9-10,12,17H,8,16H2,1-4H3. The van der Waals surface area contributed by atoms with Gasteiger partial charge in [-0.3, -0.25) is 0 Å². The SMILES string of the molecule is CC(C)C(CNS(=O)(=O)c1ccc(N)c(Br)c1)C(C)C. The number of halogens is 1. The first-order valence-electron chi connectivity index (χ1n) is 6.70. The third kappa shape index (κ3) is 4.46. The summed E-state index contributed by atoms with van der Waals surface area (Å²) in [4.78, 5) is 0.227. The van der Waals surface area contributed by atoms with E-state index in [0.29, 0.717) is 34.5 Å². The van der Waals surface area contributed by atoms with E-state index >= 15 is 0 Å². The Morgan fingerprint density at radius 3 is 2.20 bits per heavy atom. The zero-order valence-electron chi connectivity index (χ0n) is 12.4. The average molecular weight is 363 g/mol. The largest absolute Gasteiger partial charge is 0.398 e. The van der Waals surface area contributed by atoms with Gasteiger partial charge in [0.05, 0.1) is 4.90 Å². The average Bonchev–Trinajstić information content (AvgIpc) is 2.31. The lowest BCUT2D eigenvalue weighted by molar-refractivity contribution is 0.289. The van der Waals surface area contributed by atoms with Crippen LogP contribution in [0.5, 0.6) is 0 Å². The van der Waals surface area contributed by atoms with Crippen molar-refractivity contribution >= 4 is 31.6 Å². The first kappa shape index (κ1) is 17.5. The summed E-state index contributed by atoms with van der Waals surface area (Å²) in [6, 6.07) is 4.63. The number of nitrogens with one attached hydrogen (secondary N) is 1. The second kappa shape index (κ2) is 6.91. The molecule has 0 radical (unpaired) electrons. The maximum atomic E-state index is 12.3. The van der Waals surface area contributed by atoms with Crippen LogP contribution < -0.4 is 10.5 Å². The van der Waals surface area contributed by atoms with Crippen LogP contribution in [-0.4, -0.2) is 15.0 Å². The van der Waals surface area contributed by atoms with Crippen molar-refractivity contribution < 1.29 is 8.42 Å². The summed E-state index contributed by atoms with van der Waals surface area (Å²) in [6.45, 7) is 8.88. The molecule has 0 aromatic heterocycles. The Labute approximate surface area is 130 Å². The van der Waals surface area contributed by atoms with Crippen LogP contribution in [0, 0.1) is 17.8 Å². The van der Waals surface area contributed by atoms with Crippen LogP contribution in [0.4, 0.5) is 5.69 Å². The smallest absolute Gasteiger partial charge is 0.240 e. The maximum Gasteiger partial charge on any atom is 0.240 e. The highest BCUT2D eigenvalue weighted by atomic mass is 79.9. The molecule has 114 valence electrons. The van der Waals surface area contributed by atoms with Gasteiger partial charge in [0, 0.05) is 16.7 Å². The Bertz CT molecular complexity index is 548. The number of benzene rings is 1. The number of nitrogen functional groups attached to an aromatic ring is 1. The van der Waals surface area contributed by atoms with Crippen molar-refractivity contribution in [1.82, 2.24) is 4.72 Å². The highest BCUT2D eigenvalue weighted by Gasteiger charge is 2.21. The normalized spacial score (nSPS) is 12.6. The van der Waals surface area contributed by atoms with E-state index in [-0.39, 0.29) is 4.90 Å². The molecule has 4 nitrogen and oxygen atoms in total. The van der Waals surface area contributed by atoms with Crippen molar-refractivity contribution in [2.24, 2.45) is 17.8 Å². The summed E-state index contributed by atoms with van der Waals surface area (Å²) in [5.41, 5.74) is 6.19. The minimum atomic E-state index is -3.50. The van der Waals surface area contributed by atoms with Crippen molar-refractivity contribution in [3.63, 3.8) is 0 Å². The van der Waals surface area contributed by atoms with Gasteiger partial charge in [-0.15, -0.1) is 0 Å². The van der Waals surface area contributed by atoms with Crippen molar-refractivity contribution in [3.05, 3.63) is 22.7 Å². The van der Waals surface area contributed by atoms with Crippen molar-refractivity contribution in [3.8, 4) is 0 Å². The van der Waals surface area contributed by atoms with Gasteiger partial charge in [0.25, 0.3) is 0 Å². The third-order valence-corrected chi connectivity index (χ3v) is 5.61. The van der Waals surface area contributed by atoms with Crippen LogP contribution >= 0.6 is 15.9 Å². The second-order valence-corrected chi connectivity index (χ2v) is 8.31. The molecule has 6 heteroatoms. The molecule has 20 heavy (non-hydrogen) atoms. The lowest BCUT2D eigenvalue weighted by Gasteiger charge is -2.25. The van der Waals surface area contributed by atoms with Gasteiger partial charge in [0.2, 0.25) is 10.0 Å². The number of hydrogen-bond donors (Lipinski definition) is 2. The molecule has 0 saturated carbocycles. The van der Waals surface area contributed by atoms with Gasteiger partial charge in [-0.1, -0.05) is 27.7 Å². The zero-order valence-corrected chi connectivity index (χ0v) is 14.8. The quantitative estimate of drug-likeness (QED) is 0.762. The fourth-order valence-corrected chi connectivity index (χ4v) is 3.83. The Kier molecular flexibility index (Phi) is 6.04. The molecule has 0 aliphatic rings. The number of nitrogens with two attached hydrogens (primary N) is 1. The van der Waals surface area contributed by atoms with Gasteiger partial charge in [-0.25, -0.2) is 13.1 Å². The van der Waals surface area contributed by atoms with Crippen LogP contribution in [0.25, 0.3) is 0 Å². The summed E-state index contributed by atoms with van der Waals surface area (Å²) >= 11 is 3.25.